The van der Waals surface area contributed by atoms with E-state index in [0.717, 1.165) is 39.1 Å². The topological polar surface area (TPSA) is 57.7 Å². The van der Waals surface area contributed by atoms with E-state index in [2.05, 4.69) is 40.9 Å². The molecule has 1 aromatic heterocycles. The maximum absolute atomic E-state index is 14.6. The SMILES string of the molecule is CC(C)(C)c1ccc(Oc2ccc(C(=O)NCCCN3CCN(c4ccncc4)CC3)cc2F)cc1. The number of hydrogen-bond donors (Lipinski definition) is 1. The number of hydrogen-bond acceptors (Lipinski definition) is 5. The number of piperazine rings is 1. The van der Waals surface area contributed by atoms with Crippen LogP contribution in [0.3, 0.4) is 0 Å². The fourth-order valence-corrected chi connectivity index (χ4v) is 4.27. The Balaban J connectivity index is 1.20. The highest BCUT2D eigenvalue weighted by Gasteiger charge is 2.17. The van der Waals surface area contributed by atoms with E-state index in [9.17, 15) is 9.18 Å². The molecule has 0 unspecified atom stereocenters. The third kappa shape index (κ3) is 6.82. The Hall–Kier alpha value is -3.45. The van der Waals surface area contributed by atoms with E-state index < -0.39 is 5.82 Å². The summed E-state index contributed by atoms with van der Waals surface area (Å²) >= 11 is 0. The Morgan fingerprint density at radius 3 is 2.33 bits per heavy atom. The zero-order valence-electron chi connectivity index (χ0n) is 21.3. The molecule has 0 aliphatic carbocycles. The van der Waals surface area contributed by atoms with E-state index in [4.69, 9.17) is 4.74 Å². The van der Waals surface area contributed by atoms with Gasteiger partial charge in [0, 0.05) is 56.4 Å². The molecule has 4 rings (SSSR count). The predicted molar refractivity (Wildman–Crippen MR) is 141 cm³/mol. The van der Waals surface area contributed by atoms with Crippen molar-refractivity contribution in [1.29, 1.82) is 0 Å². The first-order chi connectivity index (χ1) is 17.3. The summed E-state index contributed by atoms with van der Waals surface area (Å²) in [4.78, 5) is 21.4. The van der Waals surface area contributed by atoms with Crippen molar-refractivity contribution in [1.82, 2.24) is 15.2 Å². The Labute approximate surface area is 213 Å². The normalized spacial score (nSPS) is 14.5. The number of rotatable bonds is 8. The summed E-state index contributed by atoms with van der Waals surface area (Å²) in [7, 11) is 0. The molecular weight excluding hydrogens is 455 g/mol. The fourth-order valence-electron chi connectivity index (χ4n) is 4.27. The van der Waals surface area contributed by atoms with Gasteiger partial charge in [0.25, 0.3) is 5.91 Å². The average Bonchev–Trinajstić information content (AvgIpc) is 2.88. The zero-order valence-corrected chi connectivity index (χ0v) is 21.3. The van der Waals surface area contributed by atoms with Crippen molar-refractivity contribution in [3.05, 3.63) is 83.9 Å². The molecule has 7 heteroatoms. The Kier molecular flexibility index (Phi) is 8.21. The summed E-state index contributed by atoms with van der Waals surface area (Å²) in [5.74, 6) is -0.186. The summed E-state index contributed by atoms with van der Waals surface area (Å²) < 4.78 is 20.3. The molecule has 0 atom stereocenters. The van der Waals surface area contributed by atoms with E-state index in [1.165, 1.54) is 23.4 Å². The van der Waals surface area contributed by atoms with Crippen molar-refractivity contribution in [2.75, 3.05) is 44.2 Å². The maximum atomic E-state index is 14.6. The number of anilines is 1. The van der Waals surface area contributed by atoms with Crippen molar-refractivity contribution >= 4 is 11.6 Å². The molecule has 2 heterocycles. The van der Waals surface area contributed by atoms with Crippen LogP contribution in [-0.2, 0) is 5.41 Å². The lowest BCUT2D eigenvalue weighted by Gasteiger charge is -2.36. The first-order valence-electron chi connectivity index (χ1n) is 12.5. The van der Waals surface area contributed by atoms with Gasteiger partial charge in [-0.05, 0) is 66.4 Å². The van der Waals surface area contributed by atoms with Crippen LogP contribution in [0.1, 0.15) is 43.1 Å². The van der Waals surface area contributed by atoms with Crippen LogP contribution in [0.25, 0.3) is 0 Å². The molecule has 2 aromatic carbocycles. The van der Waals surface area contributed by atoms with Crippen molar-refractivity contribution in [3.8, 4) is 11.5 Å². The second-order valence-electron chi connectivity index (χ2n) is 10.2. The van der Waals surface area contributed by atoms with Crippen LogP contribution in [0, 0.1) is 5.82 Å². The van der Waals surface area contributed by atoms with Crippen LogP contribution in [-0.4, -0.2) is 55.1 Å². The monoisotopic (exact) mass is 490 g/mol. The second kappa shape index (κ2) is 11.5. The lowest BCUT2D eigenvalue weighted by atomic mass is 9.87. The van der Waals surface area contributed by atoms with Gasteiger partial charge in [0.05, 0.1) is 0 Å². The summed E-state index contributed by atoms with van der Waals surface area (Å²) in [5, 5.41) is 2.90. The highest BCUT2D eigenvalue weighted by molar-refractivity contribution is 5.94. The zero-order chi connectivity index (χ0) is 25.5. The van der Waals surface area contributed by atoms with E-state index >= 15 is 0 Å². The van der Waals surface area contributed by atoms with Crippen molar-refractivity contribution in [3.63, 3.8) is 0 Å². The maximum Gasteiger partial charge on any atom is 0.251 e. The first kappa shape index (κ1) is 25.6. The van der Waals surface area contributed by atoms with Gasteiger partial charge in [0.2, 0.25) is 0 Å². The Bertz CT molecular complexity index is 1140. The van der Waals surface area contributed by atoms with Gasteiger partial charge in [0.1, 0.15) is 5.75 Å². The van der Waals surface area contributed by atoms with Gasteiger partial charge in [0.15, 0.2) is 11.6 Å². The molecule has 1 aliphatic heterocycles. The smallest absolute Gasteiger partial charge is 0.251 e. The van der Waals surface area contributed by atoms with Crippen LogP contribution < -0.4 is 15.0 Å². The van der Waals surface area contributed by atoms with Crippen LogP contribution in [0.4, 0.5) is 10.1 Å². The summed E-state index contributed by atoms with van der Waals surface area (Å²) in [6, 6.07) is 16.0. The number of nitrogens with one attached hydrogen (secondary N) is 1. The minimum Gasteiger partial charge on any atom is -0.454 e. The molecule has 1 saturated heterocycles. The van der Waals surface area contributed by atoms with Gasteiger partial charge in [-0.3, -0.25) is 14.7 Å². The summed E-state index contributed by atoms with van der Waals surface area (Å²) in [6.07, 6.45) is 4.49. The molecule has 1 N–H and O–H groups in total. The lowest BCUT2D eigenvalue weighted by Crippen LogP contribution is -2.47. The molecule has 0 radical (unpaired) electrons. The quantitative estimate of drug-likeness (QED) is 0.437. The number of halogens is 1. The van der Waals surface area contributed by atoms with E-state index in [0.29, 0.717) is 12.3 Å². The highest BCUT2D eigenvalue weighted by atomic mass is 19.1. The lowest BCUT2D eigenvalue weighted by molar-refractivity contribution is 0.0951. The van der Waals surface area contributed by atoms with Crippen LogP contribution in [0.2, 0.25) is 0 Å². The minimum absolute atomic E-state index is 0.0359. The molecule has 0 spiro atoms. The number of carbonyl (C=O) groups is 1. The van der Waals surface area contributed by atoms with Gasteiger partial charge < -0.3 is 15.0 Å². The molecule has 0 saturated carbocycles. The number of ether oxygens (including phenoxy) is 1. The largest absolute Gasteiger partial charge is 0.454 e. The molecule has 1 amide bonds. The number of aromatic nitrogens is 1. The standard InChI is InChI=1S/C29H35FN4O2/c1-29(2,3)23-6-8-25(9-7-23)36-27-10-5-22(21-26(27)30)28(35)32-13-4-16-33-17-19-34(20-18-33)24-11-14-31-15-12-24/h5-12,14-15,21H,4,13,16-20H2,1-3H3,(H,32,35). The molecule has 190 valence electrons. The number of carbonyl (C=O) groups excluding carboxylic acids is 1. The van der Waals surface area contributed by atoms with Gasteiger partial charge in [-0.1, -0.05) is 32.9 Å². The molecule has 0 bridgehead atoms. The van der Waals surface area contributed by atoms with Crippen LogP contribution in [0.15, 0.2) is 67.0 Å². The Morgan fingerprint density at radius 1 is 1.00 bits per heavy atom. The molecule has 1 aliphatic rings. The fraction of sp³-hybridized carbons (Fsp3) is 0.379. The number of nitrogens with zero attached hydrogens (tertiary/aromatic N) is 3. The molecular formula is C29H35FN4O2. The third-order valence-electron chi connectivity index (χ3n) is 6.48. The van der Waals surface area contributed by atoms with Gasteiger partial charge >= 0.3 is 0 Å². The van der Waals surface area contributed by atoms with Gasteiger partial charge in [-0.15, -0.1) is 0 Å². The van der Waals surface area contributed by atoms with Gasteiger partial charge in [-0.25, -0.2) is 4.39 Å². The van der Waals surface area contributed by atoms with Crippen LogP contribution in [0.5, 0.6) is 11.5 Å². The average molecular weight is 491 g/mol. The van der Waals surface area contributed by atoms with Gasteiger partial charge in [-0.2, -0.15) is 0 Å². The molecule has 36 heavy (non-hydrogen) atoms. The first-order valence-corrected chi connectivity index (χ1v) is 12.5. The molecule has 3 aromatic rings. The predicted octanol–water partition coefficient (Wildman–Crippen LogP) is 5.25. The third-order valence-corrected chi connectivity index (χ3v) is 6.48. The summed E-state index contributed by atoms with van der Waals surface area (Å²) in [6.45, 7) is 11.8. The number of amides is 1. The molecule has 6 nitrogen and oxygen atoms in total. The van der Waals surface area contributed by atoms with Crippen molar-refractivity contribution < 1.29 is 13.9 Å². The number of pyridine rings is 1. The minimum atomic E-state index is -0.561. The van der Waals surface area contributed by atoms with Crippen LogP contribution >= 0.6 is 0 Å². The highest BCUT2D eigenvalue weighted by Crippen LogP contribution is 2.28. The summed E-state index contributed by atoms with van der Waals surface area (Å²) in [5.41, 5.74) is 2.70. The van der Waals surface area contributed by atoms with E-state index in [1.807, 2.05) is 48.8 Å². The second-order valence-corrected chi connectivity index (χ2v) is 10.2. The van der Waals surface area contributed by atoms with E-state index in [-0.39, 0.29) is 22.6 Å². The van der Waals surface area contributed by atoms with Crippen molar-refractivity contribution in [2.45, 2.75) is 32.6 Å². The number of benzene rings is 2. The van der Waals surface area contributed by atoms with Crippen molar-refractivity contribution in [2.24, 2.45) is 0 Å². The molecule has 1 fully saturated rings. The van der Waals surface area contributed by atoms with E-state index in [1.54, 1.807) is 6.07 Å². The Morgan fingerprint density at radius 2 is 1.69 bits per heavy atom.